The predicted octanol–water partition coefficient (Wildman–Crippen LogP) is 2.39. The van der Waals surface area contributed by atoms with Crippen molar-refractivity contribution in [2.45, 2.75) is 26.9 Å². The van der Waals surface area contributed by atoms with Crippen LogP contribution in [-0.4, -0.2) is 22.1 Å². The van der Waals surface area contributed by atoms with Gasteiger partial charge in [0.15, 0.2) is 11.9 Å². The van der Waals surface area contributed by atoms with Gasteiger partial charge in [0.05, 0.1) is 4.92 Å². The van der Waals surface area contributed by atoms with Gasteiger partial charge in [0.2, 0.25) is 0 Å². The van der Waals surface area contributed by atoms with Crippen molar-refractivity contribution < 1.29 is 19.6 Å². The first-order valence-corrected chi connectivity index (χ1v) is 5.47. The zero-order valence-corrected chi connectivity index (χ0v) is 10.4. The Morgan fingerprint density at radius 3 is 2.50 bits per heavy atom. The van der Waals surface area contributed by atoms with Gasteiger partial charge in [-0.1, -0.05) is 19.9 Å². The highest BCUT2D eigenvalue weighted by atomic mass is 16.6. The van der Waals surface area contributed by atoms with Gasteiger partial charge in [-0.2, -0.15) is 0 Å². The molecule has 0 saturated carbocycles. The Bertz CT molecular complexity index is 470. The normalized spacial score (nSPS) is 12.2. The minimum absolute atomic E-state index is 0.0129. The molecule has 0 spiro atoms. The van der Waals surface area contributed by atoms with E-state index in [9.17, 15) is 14.9 Å². The standard InChI is InChI=1S/C12H15NO5/c1-7(2)11(12(14)15)18-10-6-8(3)4-5-9(10)13(16)17/h4-7,11H,1-3H3,(H,14,15). The molecule has 0 radical (unpaired) electrons. The van der Waals surface area contributed by atoms with Crippen molar-refractivity contribution in [1.82, 2.24) is 0 Å². The maximum atomic E-state index is 11.0. The summed E-state index contributed by atoms with van der Waals surface area (Å²) in [7, 11) is 0. The van der Waals surface area contributed by atoms with Gasteiger partial charge >= 0.3 is 11.7 Å². The fourth-order valence-electron chi connectivity index (χ4n) is 1.48. The maximum Gasteiger partial charge on any atom is 0.345 e. The van der Waals surface area contributed by atoms with Crippen LogP contribution in [0, 0.1) is 23.0 Å². The van der Waals surface area contributed by atoms with Crippen LogP contribution in [0.4, 0.5) is 5.69 Å². The third kappa shape index (κ3) is 3.19. The monoisotopic (exact) mass is 253 g/mol. The molecule has 0 fully saturated rings. The first kappa shape index (κ1) is 14.0. The molecule has 0 heterocycles. The number of carboxylic acids is 1. The Morgan fingerprint density at radius 1 is 1.44 bits per heavy atom. The summed E-state index contributed by atoms with van der Waals surface area (Å²) in [5, 5.41) is 19.8. The van der Waals surface area contributed by atoms with Gasteiger partial charge in [0, 0.05) is 12.0 Å². The van der Waals surface area contributed by atoms with Gasteiger partial charge in [0.25, 0.3) is 0 Å². The van der Waals surface area contributed by atoms with Gasteiger partial charge in [-0.05, 0) is 18.6 Å². The molecule has 0 aliphatic heterocycles. The lowest BCUT2D eigenvalue weighted by molar-refractivity contribution is -0.386. The van der Waals surface area contributed by atoms with Gasteiger partial charge in [0.1, 0.15) is 0 Å². The Kier molecular flexibility index (Phi) is 4.25. The number of hydrogen-bond acceptors (Lipinski definition) is 4. The van der Waals surface area contributed by atoms with E-state index in [4.69, 9.17) is 9.84 Å². The zero-order chi connectivity index (χ0) is 13.9. The van der Waals surface area contributed by atoms with Crippen LogP contribution in [0.25, 0.3) is 0 Å². The third-order valence-corrected chi connectivity index (χ3v) is 2.41. The molecule has 1 N–H and O–H groups in total. The van der Waals surface area contributed by atoms with Crippen LogP contribution in [0.15, 0.2) is 18.2 Å². The van der Waals surface area contributed by atoms with Crippen molar-refractivity contribution >= 4 is 11.7 Å². The summed E-state index contributed by atoms with van der Waals surface area (Å²) >= 11 is 0. The van der Waals surface area contributed by atoms with Gasteiger partial charge in [-0.3, -0.25) is 10.1 Å². The number of ether oxygens (including phenoxy) is 1. The van der Waals surface area contributed by atoms with Crippen LogP contribution in [0.2, 0.25) is 0 Å². The second kappa shape index (κ2) is 5.48. The van der Waals surface area contributed by atoms with Crippen LogP contribution in [0.5, 0.6) is 5.75 Å². The van der Waals surface area contributed by atoms with E-state index < -0.39 is 17.0 Å². The largest absolute Gasteiger partial charge is 0.478 e. The van der Waals surface area contributed by atoms with Crippen LogP contribution in [-0.2, 0) is 4.79 Å². The highest BCUT2D eigenvalue weighted by Gasteiger charge is 2.27. The lowest BCUT2D eigenvalue weighted by Crippen LogP contribution is -2.32. The quantitative estimate of drug-likeness (QED) is 0.642. The summed E-state index contributed by atoms with van der Waals surface area (Å²) in [5.74, 6) is -1.44. The van der Waals surface area contributed by atoms with E-state index in [1.165, 1.54) is 12.1 Å². The maximum absolute atomic E-state index is 11.0. The van der Waals surface area contributed by atoms with E-state index in [2.05, 4.69) is 0 Å². The van der Waals surface area contributed by atoms with Crippen LogP contribution in [0.3, 0.4) is 0 Å². The molecule has 1 rings (SSSR count). The molecule has 1 aromatic rings. The molecule has 1 unspecified atom stereocenters. The average Bonchev–Trinajstić information content (AvgIpc) is 2.24. The van der Waals surface area contributed by atoms with E-state index in [1.807, 2.05) is 0 Å². The highest BCUT2D eigenvalue weighted by molar-refractivity contribution is 5.73. The molecule has 1 atom stereocenters. The first-order valence-electron chi connectivity index (χ1n) is 5.47. The van der Waals surface area contributed by atoms with Crippen LogP contribution >= 0.6 is 0 Å². The number of hydrogen-bond donors (Lipinski definition) is 1. The fraction of sp³-hybridized carbons (Fsp3) is 0.417. The highest BCUT2D eigenvalue weighted by Crippen LogP contribution is 2.29. The number of nitro groups is 1. The van der Waals surface area contributed by atoms with Gasteiger partial charge in [-0.15, -0.1) is 0 Å². The molecule has 0 aliphatic carbocycles. The van der Waals surface area contributed by atoms with Crippen molar-refractivity contribution in [1.29, 1.82) is 0 Å². The number of carboxylic acid groups (broad SMARTS) is 1. The summed E-state index contributed by atoms with van der Waals surface area (Å²) in [5.41, 5.74) is 0.538. The number of carbonyl (C=O) groups is 1. The summed E-state index contributed by atoms with van der Waals surface area (Å²) in [6.07, 6.45) is -1.11. The lowest BCUT2D eigenvalue weighted by Gasteiger charge is -2.18. The lowest BCUT2D eigenvalue weighted by atomic mass is 10.1. The van der Waals surface area contributed by atoms with E-state index in [0.717, 1.165) is 5.56 Å². The number of nitro benzene ring substituents is 1. The van der Waals surface area contributed by atoms with Crippen molar-refractivity contribution in [3.63, 3.8) is 0 Å². The van der Waals surface area contributed by atoms with E-state index >= 15 is 0 Å². The van der Waals surface area contributed by atoms with Crippen molar-refractivity contribution in [3.8, 4) is 5.75 Å². The Morgan fingerprint density at radius 2 is 2.06 bits per heavy atom. The second-order valence-corrected chi connectivity index (χ2v) is 4.35. The summed E-state index contributed by atoms with van der Waals surface area (Å²) < 4.78 is 5.27. The molecule has 0 aliphatic rings. The summed E-state index contributed by atoms with van der Waals surface area (Å²) in [4.78, 5) is 21.3. The Labute approximate surface area is 104 Å². The van der Waals surface area contributed by atoms with Crippen LogP contribution in [0.1, 0.15) is 19.4 Å². The number of aryl methyl sites for hydroxylation is 1. The summed E-state index contributed by atoms with van der Waals surface area (Å²) in [6, 6.07) is 4.36. The van der Waals surface area contributed by atoms with E-state index in [-0.39, 0.29) is 17.4 Å². The first-order chi connectivity index (χ1) is 8.32. The molecular formula is C12H15NO5. The predicted molar refractivity (Wildman–Crippen MR) is 64.7 cm³/mol. The topological polar surface area (TPSA) is 89.7 Å². The minimum atomic E-state index is -1.14. The van der Waals surface area contributed by atoms with Crippen molar-refractivity contribution in [2.24, 2.45) is 5.92 Å². The number of benzene rings is 1. The molecule has 18 heavy (non-hydrogen) atoms. The van der Waals surface area contributed by atoms with Crippen molar-refractivity contribution in [2.75, 3.05) is 0 Å². The number of nitrogens with zero attached hydrogens (tertiary/aromatic N) is 1. The SMILES string of the molecule is Cc1ccc([N+](=O)[O-])c(OC(C(=O)O)C(C)C)c1. The molecule has 0 saturated heterocycles. The molecule has 0 amide bonds. The summed E-state index contributed by atoms with van der Waals surface area (Å²) in [6.45, 7) is 5.11. The van der Waals surface area contributed by atoms with E-state index in [0.29, 0.717) is 0 Å². The van der Waals surface area contributed by atoms with E-state index in [1.54, 1.807) is 26.8 Å². The third-order valence-electron chi connectivity index (χ3n) is 2.41. The molecule has 0 aromatic heterocycles. The fourth-order valence-corrected chi connectivity index (χ4v) is 1.48. The molecule has 98 valence electrons. The minimum Gasteiger partial charge on any atom is -0.478 e. The van der Waals surface area contributed by atoms with Crippen LogP contribution < -0.4 is 4.74 Å². The Balaban J connectivity index is 3.12. The van der Waals surface area contributed by atoms with Gasteiger partial charge in [-0.25, -0.2) is 4.79 Å². The van der Waals surface area contributed by atoms with Gasteiger partial charge < -0.3 is 9.84 Å². The molecule has 6 heteroatoms. The smallest absolute Gasteiger partial charge is 0.345 e. The molecule has 0 bridgehead atoms. The average molecular weight is 253 g/mol. The Hall–Kier alpha value is -2.11. The number of rotatable bonds is 5. The number of aliphatic carboxylic acids is 1. The second-order valence-electron chi connectivity index (χ2n) is 4.35. The van der Waals surface area contributed by atoms with Crippen molar-refractivity contribution in [3.05, 3.63) is 33.9 Å². The molecule has 6 nitrogen and oxygen atoms in total. The molecular weight excluding hydrogens is 238 g/mol. The molecule has 1 aromatic carbocycles. The zero-order valence-electron chi connectivity index (χ0n) is 10.4.